The molecular formula is C15H25NO2. The summed E-state index contributed by atoms with van der Waals surface area (Å²) in [5.74, 6) is 1.38. The molecule has 1 aromatic rings. The number of benzene rings is 1. The van der Waals surface area contributed by atoms with Crippen LogP contribution < -0.4 is 10.1 Å². The fourth-order valence-electron chi connectivity index (χ4n) is 1.79. The highest BCUT2D eigenvalue weighted by atomic mass is 16.5. The monoisotopic (exact) mass is 251 g/mol. The number of aliphatic hydroxyl groups excluding tert-OH is 1. The molecule has 1 aromatic carbocycles. The highest BCUT2D eigenvalue weighted by Gasteiger charge is 2.06. The van der Waals surface area contributed by atoms with E-state index in [-0.39, 0.29) is 6.61 Å². The van der Waals surface area contributed by atoms with Crippen LogP contribution in [-0.2, 0) is 6.42 Å². The van der Waals surface area contributed by atoms with Gasteiger partial charge in [0.2, 0.25) is 0 Å². The molecule has 3 nitrogen and oxygen atoms in total. The summed E-state index contributed by atoms with van der Waals surface area (Å²) >= 11 is 0. The van der Waals surface area contributed by atoms with E-state index in [0.29, 0.717) is 18.9 Å². The van der Waals surface area contributed by atoms with Gasteiger partial charge < -0.3 is 15.2 Å². The van der Waals surface area contributed by atoms with Crippen molar-refractivity contribution in [2.45, 2.75) is 26.7 Å². The Morgan fingerprint density at radius 3 is 2.83 bits per heavy atom. The van der Waals surface area contributed by atoms with Crippen molar-refractivity contribution in [3.8, 4) is 5.75 Å². The normalized spacial score (nSPS) is 12.4. The summed E-state index contributed by atoms with van der Waals surface area (Å²) in [6.45, 7) is 7.26. The molecule has 3 heteroatoms. The van der Waals surface area contributed by atoms with Gasteiger partial charge in [0.25, 0.3) is 0 Å². The van der Waals surface area contributed by atoms with Gasteiger partial charge in [0.1, 0.15) is 5.75 Å². The summed E-state index contributed by atoms with van der Waals surface area (Å²) in [4.78, 5) is 0. The summed E-state index contributed by atoms with van der Waals surface area (Å²) in [5, 5.41) is 12.4. The molecule has 0 heterocycles. The predicted molar refractivity (Wildman–Crippen MR) is 75.1 cm³/mol. The standard InChI is InChI=1S/C15H25NO2/c1-3-9-16-11-13(2)12-18-15-7-5-4-6-14(15)8-10-17/h4-7,13,16-17H,3,8-12H2,1-2H3. The summed E-state index contributed by atoms with van der Waals surface area (Å²) in [6.07, 6.45) is 1.81. The minimum atomic E-state index is 0.161. The zero-order valence-corrected chi connectivity index (χ0v) is 11.5. The highest BCUT2D eigenvalue weighted by Crippen LogP contribution is 2.18. The van der Waals surface area contributed by atoms with Crippen LogP contribution >= 0.6 is 0 Å². The number of aliphatic hydroxyl groups is 1. The van der Waals surface area contributed by atoms with E-state index in [0.717, 1.165) is 30.8 Å². The summed E-state index contributed by atoms with van der Waals surface area (Å²) in [5.41, 5.74) is 1.08. The largest absolute Gasteiger partial charge is 0.493 e. The van der Waals surface area contributed by atoms with Gasteiger partial charge >= 0.3 is 0 Å². The van der Waals surface area contributed by atoms with Crippen molar-refractivity contribution in [1.82, 2.24) is 5.32 Å². The number of hydrogen-bond donors (Lipinski definition) is 2. The van der Waals surface area contributed by atoms with Crippen LogP contribution in [0.3, 0.4) is 0 Å². The van der Waals surface area contributed by atoms with Gasteiger partial charge in [-0.3, -0.25) is 0 Å². The van der Waals surface area contributed by atoms with Gasteiger partial charge in [-0.25, -0.2) is 0 Å². The molecule has 102 valence electrons. The van der Waals surface area contributed by atoms with Gasteiger partial charge in [0, 0.05) is 19.1 Å². The molecule has 0 aliphatic rings. The Labute approximate surface area is 110 Å². The van der Waals surface area contributed by atoms with Gasteiger partial charge in [-0.2, -0.15) is 0 Å². The fraction of sp³-hybridized carbons (Fsp3) is 0.600. The third-order valence-electron chi connectivity index (χ3n) is 2.80. The van der Waals surface area contributed by atoms with Crippen LogP contribution in [0.25, 0.3) is 0 Å². The van der Waals surface area contributed by atoms with Crippen molar-refractivity contribution >= 4 is 0 Å². The summed E-state index contributed by atoms with van der Waals surface area (Å²) in [7, 11) is 0. The molecule has 2 N–H and O–H groups in total. The van der Waals surface area contributed by atoms with Crippen molar-refractivity contribution < 1.29 is 9.84 Å². The molecule has 0 aliphatic carbocycles. The maximum absolute atomic E-state index is 9.00. The van der Waals surface area contributed by atoms with Crippen molar-refractivity contribution in [3.05, 3.63) is 29.8 Å². The van der Waals surface area contributed by atoms with E-state index >= 15 is 0 Å². The first-order chi connectivity index (χ1) is 8.77. The quantitative estimate of drug-likeness (QED) is 0.661. The average Bonchev–Trinajstić information content (AvgIpc) is 2.38. The van der Waals surface area contributed by atoms with Crippen LogP contribution in [-0.4, -0.2) is 31.4 Å². The van der Waals surface area contributed by atoms with E-state index in [1.165, 1.54) is 0 Å². The zero-order chi connectivity index (χ0) is 13.2. The molecule has 0 radical (unpaired) electrons. The van der Waals surface area contributed by atoms with Crippen molar-refractivity contribution in [2.24, 2.45) is 5.92 Å². The van der Waals surface area contributed by atoms with E-state index in [2.05, 4.69) is 19.2 Å². The van der Waals surface area contributed by atoms with E-state index < -0.39 is 0 Å². The number of nitrogens with one attached hydrogen (secondary N) is 1. The molecule has 0 fully saturated rings. The molecule has 0 spiro atoms. The minimum absolute atomic E-state index is 0.161. The Balaban J connectivity index is 2.37. The number of ether oxygens (including phenoxy) is 1. The molecule has 0 amide bonds. The summed E-state index contributed by atoms with van der Waals surface area (Å²) in [6, 6.07) is 7.92. The maximum atomic E-state index is 9.00. The molecule has 0 aromatic heterocycles. The lowest BCUT2D eigenvalue weighted by Crippen LogP contribution is -2.25. The van der Waals surface area contributed by atoms with Crippen molar-refractivity contribution in [1.29, 1.82) is 0 Å². The van der Waals surface area contributed by atoms with Gasteiger partial charge in [-0.05, 0) is 31.0 Å². The summed E-state index contributed by atoms with van der Waals surface area (Å²) < 4.78 is 5.83. The first-order valence-corrected chi connectivity index (χ1v) is 6.80. The van der Waals surface area contributed by atoms with E-state index in [4.69, 9.17) is 9.84 Å². The molecule has 0 bridgehead atoms. The Morgan fingerprint density at radius 2 is 2.11 bits per heavy atom. The molecule has 18 heavy (non-hydrogen) atoms. The molecule has 1 atom stereocenters. The third-order valence-corrected chi connectivity index (χ3v) is 2.80. The fourth-order valence-corrected chi connectivity index (χ4v) is 1.79. The highest BCUT2D eigenvalue weighted by molar-refractivity contribution is 5.33. The first kappa shape index (κ1) is 15.0. The number of rotatable bonds is 9. The van der Waals surface area contributed by atoms with Gasteiger partial charge in [-0.15, -0.1) is 0 Å². The topological polar surface area (TPSA) is 41.5 Å². The Kier molecular flexibility index (Phi) is 7.46. The molecule has 0 aliphatic heterocycles. The predicted octanol–water partition coefficient (Wildman–Crippen LogP) is 2.24. The second-order valence-electron chi connectivity index (χ2n) is 4.70. The minimum Gasteiger partial charge on any atom is -0.493 e. The molecular weight excluding hydrogens is 226 g/mol. The first-order valence-electron chi connectivity index (χ1n) is 6.80. The second-order valence-corrected chi connectivity index (χ2v) is 4.70. The van der Waals surface area contributed by atoms with Gasteiger partial charge in [0.15, 0.2) is 0 Å². The lowest BCUT2D eigenvalue weighted by atomic mass is 10.1. The average molecular weight is 251 g/mol. The number of hydrogen-bond acceptors (Lipinski definition) is 3. The SMILES string of the molecule is CCCNCC(C)COc1ccccc1CCO. The van der Waals surface area contributed by atoms with Gasteiger partial charge in [0.05, 0.1) is 6.61 Å². The van der Waals surface area contributed by atoms with Crippen LogP contribution in [0.4, 0.5) is 0 Å². The van der Waals surface area contributed by atoms with Crippen molar-refractivity contribution in [2.75, 3.05) is 26.3 Å². The Hall–Kier alpha value is -1.06. The molecule has 1 unspecified atom stereocenters. The molecule has 0 saturated carbocycles. The van der Waals surface area contributed by atoms with Crippen LogP contribution in [0.1, 0.15) is 25.8 Å². The zero-order valence-electron chi connectivity index (χ0n) is 11.5. The Morgan fingerprint density at radius 1 is 1.33 bits per heavy atom. The van der Waals surface area contributed by atoms with Crippen LogP contribution in [0.5, 0.6) is 5.75 Å². The molecule has 0 saturated heterocycles. The lowest BCUT2D eigenvalue weighted by molar-refractivity contribution is 0.250. The Bertz CT molecular complexity index is 328. The smallest absolute Gasteiger partial charge is 0.122 e. The molecule has 1 rings (SSSR count). The van der Waals surface area contributed by atoms with Crippen LogP contribution in [0, 0.1) is 5.92 Å². The lowest BCUT2D eigenvalue weighted by Gasteiger charge is -2.15. The van der Waals surface area contributed by atoms with E-state index in [1.54, 1.807) is 0 Å². The third kappa shape index (κ3) is 5.52. The van der Waals surface area contributed by atoms with Crippen LogP contribution in [0.2, 0.25) is 0 Å². The van der Waals surface area contributed by atoms with E-state index in [1.807, 2.05) is 24.3 Å². The van der Waals surface area contributed by atoms with Crippen LogP contribution in [0.15, 0.2) is 24.3 Å². The maximum Gasteiger partial charge on any atom is 0.122 e. The number of para-hydroxylation sites is 1. The van der Waals surface area contributed by atoms with E-state index in [9.17, 15) is 0 Å². The van der Waals surface area contributed by atoms with Crippen molar-refractivity contribution in [3.63, 3.8) is 0 Å². The second kappa shape index (κ2) is 8.95. The van der Waals surface area contributed by atoms with Gasteiger partial charge in [-0.1, -0.05) is 32.0 Å².